The first-order chi connectivity index (χ1) is 9.91. The molecule has 0 radical (unpaired) electrons. The van der Waals surface area contributed by atoms with Crippen LogP contribution in [-0.2, 0) is 9.84 Å². The van der Waals surface area contributed by atoms with Gasteiger partial charge in [-0.25, -0.2) is 13.2 Å². The highest BCUT2D eigenvalue weighted by molar-refractivity contribution is 7.91. The lowest BCUT2D eigenvalue weighted by Crippen LogP contribution is -2.22. The van der Waals surface area contributed by atoms with Crippen molar-refractivity contribution in [2.24, 2.45) is 5.73 Å². The molecule has 2 aromatic rings. The molecule has 0 spiro atoms. The second-order valence-corrected chi connectivity index (χ2v) is 6.42. The average molecular weight is 302 g/mol. The SMILES string of the molecule is NC(=O)Nc1ccc2c(c1)S(=O)(=O)c1ccccc1C2=O. The largest absolute Gasteiger partial charge is 0.351 e. The smallest absolute Gasteiger partial charge is 0.316 e. The minimum absolute atomic E-state index is 0.0290. The summed E-state index contributed by atoms with van der Waals surface area (Å²) in [5.74, 6) is -0.360. The van der Waals surface area contributed by atoms with Crippen molar-refractivity contribution in [3.8, 4) is 0 Å². The van der Waals surface area contributed by atoms with Gasteiger partial charge < -0.3 is 11.1 Å². The number of benzene rings is 2. The number of sulfone groups is 1. The summed E-state index contributed by atoms with van der Waals surface area (Å²) in [6.45, 7) is 0. The highest BCUT2D eigenvalue weighted by atomic mass is 32.2. The Morgan fingerprint density at radius 1 is 1.00 bits per heavy atom. The molecule has 2 amide bonds. The lowest BCUT2D eigenvalue weighted by atomic mass is 10.0. The van der Waals surface area contributed by atoms with Crippen LogP contribution < -0.4 is 11.1 Å². The summed E-state index contributed by atoms with van der Waals surface area (Å²) < 4.78 is 25.2. The van der Waals surface area contributed by atoms with E-state index in [9.17, 15) is 18.0 Å². The van der Waals surface area contributed by atoms with E-state index in [1.165, 1.54) is 30.3 Å². The third kappa shape index (κ3) is 1.98. The van der Waals surface area contributed by atoms with Crippen molar-refractivity contribution < 1.29 is 18.0 Å². The Kier molecular flexibility index (Phi) is 2.80. The van der Waals surface area contributed by atoms with Crippen LogP contribution in [0.3, 0.4) is 0 Å². The highest BCUT2D eigenvalue weighted by Crippen LogP contribution is 2.35. The van der Waals surface area contributed by atoms with Gasteiger partial charge in [0.2, 0.25) is 9.84 Å². The molecule has 0 aromatic heterocycles. The Hall–Kier alpha value is -2.67. The second kappa shape index (κ2) is 4.42. The Morgan fingerprint density at radius 2 is 1.67 bits per heavy atom. The zero-order valence-electron chi connectivity index (χ0n) is 10.7. The number of urea groups is 1. The summed E-state index contributed by atoms with van der Waals surface area (Å²) in [6, 6.07) is 9.27. The van der Waals surface area contributed by atoms with E-state index in [0.29, 0.717) is 0 Å². The van der Waals surface area contributed by atoms with Crippen molar-refractivity contribution in [2.75, 3.05) is 5.32 Å². The van der Waals surface area contributed by atoms with E-state index in [1.54, 1.807) is 12.1 Å². The van der Waals surface area contributed by atoms with E-state index < -0.39 is 15.9 Å². The number of ketones is 1. The molecule has 21 heavy (non-hydrogen) atoms. The number of nitrogens with two attached hydrogens (primary N) is 1. The summed E-state index contributed by atoms with van der Waals surface area (Å²) in [5.41, 5.74) is 5.47. The van der Waals surface area contributed by atoms with E-state index in [4.69, 9.17) is 5.73 Å². The molecule has 0 unspecified atom stereocenters. The van der Waals surface area contributed by atoms with E-state index in [2.05, 4.69) is 5.32 Å². The Labute approximate surface area is 120 Å². The molecule has 106 valence electrons. The Balaban J connectivity index is 2.27. The number of anilines is 1. The topological polar surface area (TPSA) is 106 Å². The van der Waals surface area contributed by atoms with Gasteiger partial charge in [0, 0.05) is 16.8 Å². The zero-order valence-corrected chi connectivity index (χ0v) is 11.5. The Morgan fingerprint density at radius 3 is 2.38 bits per heavy atom. The fourth-order valence-electron chi connectivity index (χ4n) is 2.30. The molecule has 3 rings (SSSR count). The van der Waals surface area contributed by atoms with Crippen molar-refractivity contribution in [1.29, 1.82) is 0 Å². The predicted octanol–water partition coefficient (Wildman–Crippen LogP) is 1.55. The number of carbonyl (C=O) groups is 2. The van der Waals surface area contributed by atoms with Crippen LogP contribution in [0.5, 0.6) is 0 Å². The molecule has 0 bridgehead atoms. The molecule has 0 saturated heterocycles. The van der Waals surface area contributed by atoms with Crippen LogP contribution in [0.4, 0.5) is 10.5 Å². The monoisotopic (exact) mass is 302 g/mol. The van der Waals surface area contributed by atoms with Crippen LogP contribution in [0.2, 0.25) is 0 Å². The molecule has 6 nitrogen and oxygen atoms in total. The predicted molar refractivity (Wildman–Crippen MR) is 75.0 cm³/mol. The van der Waals surface area contributed by atoms with Crippen molar-refractivity contribution in [3.05, 3.63) is 53.6 Å². The van der Waals surface area contributed by atoms with Gasteiger partial charge in [-0.05, 0) is 30.3 Å². The number of hydrogen-bond acceptors (Lipinski definition) is 4. The number of primary amides is 1. The molecule has 3 N–H and O–H groups in total. The lowest BCUT2D eigenvalue weighted by molar-refractivity contribution is 0.103. The van der Waals surface area contributed by atoms with Crippen molar-refractivity contribution in [2.45, 2.75) is 9.79 Å². The summed E-state index contributed by atoms with van der Waals surface area (Å²) in [4.78, 5) is 23.1. The standard InChI is InChI=1S/C14H10N2O4S/c15-14(18)16-8-5-6-10-12(7-8)21(19,20)11-4-2-1-3-9(11)13(10)17/h1-7H,(H3,15,16,18). The number of amides is 2. The van der Waals surface area contributed by atoms with Gasteiger partial charge in [0.25, 0.3) is 0 Å². The van der Waals surface area contributed by atoms with Crippen LogP contribution in [0, 0.1) is 0 Å². The maximum Gasteiger partial charge on any atom is 0.316 e. The Bertz CT molecular complexity index is 888. The summed E-state index contributed by atoms with van der Waals surface area (Å²) in [5, 5.41) is 2.29. The lowest BCUT2D eigenvalue weighted by Gasteiger charge is -2.19. The molecular formula is C14H10N2O4S. The fraction of sp³-hybridized carbons (Fsp3) is 0. The van der Waals surface area contributed by atoms with E-state index in [-0.39, 0.29) is 32.4 Å². The number of hydrogen-bond donors (Lipinski definition) is 2. The van der Waals surface area contributed by atoms with Gasteiger partial charge >= 0.3 is 6.03 Å². The fourth-order valence-corrected chi connectivity index (χ4v) is 3.98. The van der Waals surface area contributed by atoms with Crippen molar-refractivity contribution in [3.63, 3.8) is 0 Å². The molecule has 2 aromatic carbocycles. The van der Waals surface area contributed by atoms with Crippen LogP contribution in [0.1, 0.15) is 15.9 Å². The maximum atomic E-state index is 12.6. The minimum atomic E-state index is -3.81. The van der Waals surface area contributed by atoms with Gasteiger partial charge in [-0.15, -0.1) is 0 Å². The van der Waals surface area contributed by atoms with Gasteiger partial charge in [-0.3, -0.25) is 4.79 Å². The molecule has 1 aliphatic rings. The number of fused-ring (bicyclic) bond motifs is 2. The van der Waals surface area contributed by atoms with Crippen LogP contribution in [0.15, 0.2) is 52.3 Å². The highest BCUT2D eigenvalue weighted by Gasteiger charge is 2.34. The van der Waals surface area contributed by atoms with Gasteiger partial charge in [0.15, 0.2) is 5.78 Å². The first-order valence-electron chi connectivity index (χ1n) is 6.00. The third-order valence-corrected chi connectivity index (χ3v) is 5.06. The molecule has 1 aliphatic heterocycles. The molecule has 0 aliphatic carbocycles. The second-order valence-electron chi connectivity index (χ2n) is 4.53. The van der Waals surface area contributed by atoms with E-state index in [1.807, 2.05) is 0 Å². The first-order valence-corrected chi connectivity index (χ1v) is 7.49. The van der Waals surface area contributed by atoms with Crippen LogP contribution in [0.25, 0.3) is 0 Å². The maximum absolute atomic E-state index is 12.6. The molecule has 1 heterocycles. The van der Waals surface area contributed by atoms with Gasteiger partial charge in [0.05, 0.1) is 9.79 Å². The average Bonchev–Trinajstić information content (AvgIpc) is 2.45. The quantitative estimate of drug-likeness (QED) is 0.711. The first kappa shape index (κ1) is 13.3. The van der Waals surface area contributed by atoms with Crippen molar-refractivity contribution in [1.82, 2.24) is 0 Å². The molecule has 7 heteroatoms. The van der Waals surface area contributed by atoms with Crippen LogP contribution in [-0.4, -0.2) is 20.2 Å². The van der Waals surface area contributed by atoms with E-state index >= 15 is 0 Å². The van der Waals surface area contributed by atoms with Gasteiger partial charge in [0.1, 0.15) is 0 Å². The van der Waals surface area contributed by atoms with Gasteiger partial charge in [-0.2, -0.15) is 0 Å². The molecule has 0 atom stereocenters. The summed E-state index contributed by atoms with van der Waals surface area (Å²) >= 11 is 0. The molecule has 0 fully saturated rings. The normalized spacial score (nSPS) is 15.0. The minimum Gasteiger partial charge on any atom is -0.351 e. The van der Waals surface area contributed by atoms with Gasteiger partial charge in [-0.1, -0.05) is 12.1 Å². The van der Waals surface area contributed by atoms with Crippen LogP contribution >= 0.6 is 0 Å². The number of nitrogens with one attached hydrogen (secondary N) is 1. The summed E-state index contributed by atoms with van der Waals surface area (Å²) in [6.07, 6.45) is 0. The zero-order chi connectivity index (χ0) is 15.2. The number of carbonyl (C=O) groups excluding carboxylic acids is 2. The third-order valence-electron chi connectivity index (χ3n) is 3.20. The number of rotatable bonds is 1. The van der Waals surface area contributed by atoms with Crippen molar-refractivity contribution >= 4 is 27.3 Å². The molecule has 0 saturated carbocycles. The summed E-state index contributed by atoms with van der Waals surface area (Å²) in [7, 11) is -3.81. The molecular weight excluding hydrogens is 292 g/mol. The van der Waals surface area contributed by atoms with E-state index in [0.717, 1.165) is 0 Å².